The lowest BCUT2D eigenvalue weighted by Crippen LogP contribution is -2.38. The molecule has 0 atom stereocenters. The fourth-order valence-corrected chi connectivity index (χ4v) is 4.87. The molecule has 2 aromatic rings. The summed E-state index contributed by atoms with van der Waals surface area (Å²) in [5, 5.41) is 6.61. The smallest absolute Gasteiger partial charge is 0.257 e. The van der Waals surface area contributed by atoms with Crippen LogP contribution < -0.4 is 4.74 Å². The summed E-state index contributed by atoms with van der Waals surface area (Å²) in [6.07, 6.45) is 13.1. The molecule has 0 unspecified atom stereocenters. The molecule has 1 saturated carbocycles. The van der Waals surface area contributed by atoms with E-state index in [1.807, 2.05) is 4.90 Å². The van der Waals surface area contributed by atoms with Crippen LogP contribution in [0.5, 0.6) is 5.75 Å². The van der Waals surface area contributed by atoms with Crippen LogP contribution >= 0.6 is 0 Å². The van der Waals surface area contributed by atoms with E-state index in [0.29, 0.717) is 11.5 Å². The van der Waals surface area contributed by atoms with Gasteiger partial charge in [-0.15, -0.1) is 0 Å². The van der Waals surface area contributed by atoms with Crippen molar-refractivity contribution in [3.8, 4) is 5.75 Å². The normalized spacial score (nSPS) is 18.5. The number of rotatable bonds is 6. The monoisotopic (exact) mass is 381 g/mol. The van der Waals surface area contributed by atoms with E-state index in [4.69, 9.17) is 4.74 Å². The Morgan fingerprint density at radius 3 is 2.57 bits per heavy atom. The standard InChI is InChI=1S/C23H31N3O2/c1-28-22-7-6-19(14-20(22)13-17-4-2-3-5-17)12-18-8-10-26(11-9-18)23(27)21-15-24-25-16-21/h6-7,14-18H,2-5,8-13H2,1H3,(H,24,25). The van der Waals surface area contributed by atoms with Gasteiger partial charge in [0.1, 0.15) is 5.75 Å². The van der Waals surface area contributed by atoms with E-state index in [0.717, 1.165) is 50.4 Å². The number of benzene rings is 1. The summed E-state index contributed by atoms with van der Waals surface area (Å²) < 4.78 is 5.62. The van der Waals surface area contributed by atoms with Crippen LogP contribution in [0.15, 0.2) is 30.6 Å². The molecule has 2 fully saturated rings. The third-order valence-electron chi connectivity index (χ3n) is 6.50. The maximum Gasteiger partial charge on any atom is 0.257 e. The number of nitrogens with zero attached hydrogens (tertiary/aromatic N) is 2. The number of nitrogens with one attached hydrogen (secondary N) is 1. The number of hydrogen-bond donors (Lipinski definition) is 1. The van der Waals surface area contributed by atoms with Gasteiger partial charge >= 0.3 is 0 Å². The molecule has 2 aliphatic rings. The Kier molecular flexibility index (Phi) is 5.98. The highest BCUT2D eigenvalue weighted by atomic mass is 16.5. The lowest BCUT2D eigenvalue weighted by atomic mass is 9.88. The Labute approximate surface area is 167 Å². The Hall–Kier alpha value is -2.30. The van der Waals surface area contributed by atoms with Gasteiger partial charge in [0.05, 0.1) is 18.9 Å². The van der Waals surface area contributed by atoms with Gasteiger partial charge in [-0.25, -0.2) is 0 Å². The summed E-state index contributed by atoms with van der Waals surface area (Å²) >= 11 is 0. The van der Waals surface area contributed by atoms with Crippen LogP contribution in [0, 0.1) is 11.8 Å². The fourth-order valence-electron chi connectivity index (χ4n) is 4.87. The molecule has 1 aliphatic heterocycles. The topological polar surface area (TPSA) is 58.2 Å². The second-order valence-corrected chi connectivity index (χ2v) is 8.43. The predicted octanol–water partition coefficient (Wildman–Crippen LogP) is 4.25. The zero-order valence-electron chi connectivity index (χ0n) is 16.8. The molecule has 1 N–H and O–H groups in total. The second kappa shape index (κ2) is 8.80. The van der Waals surface area contributed by atoms with Crippen molar-refractivity contribution in [3.63, 3.8) is 0 Å². The molecule has 1 aromatic carbocycles. The van der Waals surface area contributed by atoms with E-state index in [-0.39, 0.29) is 5.91 Å². The number of carbonyl (C=O) groups excluding carboxylic acids is 1. The zero-order chi connectivity index (χ0) is 19.3. The molecular formula is C23H31N3O2. The molecule has 1 aliphatic carbocycles. The molecule has 5 nitrogen and oxygen atoms in total. The van der Waals surface area contributed by atoms with Crippen molar-refractivity contribution in [2.24, 2.45) is 11.8 Å². The van der Waals surface area contributed by atoms with Crippen LogP contribution in [-0.2, 0) is 12.8 Å². The number of ether oxygens (including phenoxy) is 1. The first-order valence-electron chi connectivity index (χ1n) is 10.7. The number of piperidine rings is 1. The first-order chi connectivity index (χ1) is 13.7. The van der Waals surface area contributed by atoms with Crippen LogP contribution in [0.1, 0.15) is 60.0 Å². The molecule has 150 valence electrons. The third-order valence-corrected chi connectivity index (χ3v) is 6.50. The van der Waals surface area contributed by atoms with Crippen LogP contribution in [-0.4, -0.2) is 41.2 Å². The van der Waals surface area contributed by atoms with Crippen LogP contribution in [0.3, 0.4) is 0 Å². The quantitative estimate of drug-likeness (QED) is 0.814. The van der Waals surface area contributed by atoms with E-state index in [1.165, 1.54) is 36.8 Å². The van der Waals surface area contributed by atoms with Gasteiger partial charge in [0.15, 0.2) is 0 Å². The minimum absolute atomic E-state index is 0.0931. The van der Waals surface area contributed by atoms with E-state index < -0.39 is 0 Å². The summed E-state index contributed by atoms with van der Waals surface area (Å²) in [5.41, 5.74) is 3.44. The number of H-pyrrole nitrogens is 1. The number of carbonyl (C=O) groups is 1. The number of likely N-dealkylation sites (tertiary alicyclic amines) is 1. The molecule has 0 radical (unpaired) electrons. The molecule has 28 heavy (non-hydrogen) atoms. The van der Waals surface area contributed by atoms with Gasteiger partial charge in [0, 0.05) is 19.3 Å². The summed E-state index contributed by atoms with van der Waals surface area (Å²) in [5.74, 6) is 2.59. The average Bonchev–Trinajstić information content (AvgIpc) is 3.43. The number of hydrogen-bond acceptors (Lipinski definition) is 3. The Bertz CT molecular complexity index is 773. The lowest BCUT2D eigenvalue weighted by Gasteiger charge is -2.32. The van der Waals surface area contributed by atoms with Gasteiger partial charge in [-0.2, -0.15) is 5.10 Å². The van der Waals surface area contributed by atoms with Gasteiger partial charge < -0.3 is 9.64 Å². The van der Waals surface area contributed by atoms with Gasteiger partial charge in [-0.05, 0) is 54.7 Å². The molecule has 1 amide bonds. The number of amides is 1. The molecule has 1 saturated heterocycles. The Balaban J connectivity index is 1.35. The molecular weight excluding hydrogens is 350 g/mol. The lowest BCUT2D eigenvalue weighted by molar-refractivity contribution is 0.0690. The van der Waals surface area contributed by atoms with Crippen molar-refractivity contribution in [1.82, 2.24) is 15.1 Å². The van der Waals surface area contributed by atoms with Crippen LogP contribution in [0.25, 0.3) is 0 Å². The molecule has 0 bridgehead atoms. The highest BCUT2D eigenvalue weighted by Crippen LogP contribution is 2.32. The minimum atomic E-state index is 0.0931. The molecule has 0 spiro atoms. The maximum absolute atomic E-state index is 12.5. The van der Waals surface area contributed by atoms with Crippen molar-refractivity contribution >= 4 is 5.91 Å². The zero-order valence-corrected chi connectivity index (χ0v) is 16.8. The second-order valence-electron chi connectivity index (χ2n) is 8.43. The van der Waals surface area contributed by atoms with Gasteiger partial charge in [-0.1, -0.05) is 37.8 Å². The number of methoxy groups -OCH3 is 1. The van der Waals surface area contributed by atoms with E-state index in [2.05, 4.69) is 28.4 Å². The summed E-state index contributed by atoms with van der Waals surface area (Å²) in [6.45, 7) is 1.67. The summed E-state index contributed by atoms with van der Waals surface area (Å²) in [4.78, 5) is 14.4. The number of aromatic nitrogens is 2. The van der Waals surface area contributed by atoms with E-state index in [1.54, 1.807) is 19.5 Å². The Morgan fingerprint density at radius 1 is 1.14 bits per heavy atom. The summed E-state index contributed by atoms with van der Waals surface area (Å²) in [7, 11) is 1.78. The molecule has 5 heteroatoms. The van der Waals surface area contributed by atoms with Crippen molar-refractivity contribution in [2.75, 3.05) is 20.2 Å². The highest BCUT2D eigenvalue weighted by Gasteiger charge is 2.25. The van der Waals surface area contributed by atoms with Crippen LogP contribution in [0.2, 0.25) is 0 Å². The van der Waals surface area contributed by atoms with Gasteiger partial charge in [-0.3, -0.25) is 9.89 Å². The maximum atomic E-state index is 12.5. The highest BCUT2D eigenvalue weighted by molar-refractivity contribution is 5.93. The minimum Gasteiger partial charge on any atom is -0.496 e. The van der Waals surface area contributed by atoms with Crippen molar-refractivity contribution in [2.45, 2.75) is 51.4 Å². The van der Waals surface area contributed by atoms with Gasteiger partial charge in [0.25, 0.3) is 5.91 Å². The van der Waals surface area contributed by atoms with Crippen molar-refractivity contribution in [1.29, 1.82) is 0 Å². The first-order valence-corrected chi connectivity index (χ1v) is 10.7. The van der Waals surface area contributed by atoms with Gasteiger partial charge in [0.2, 0.25) is 0 Å². The SMILES string of the molecule is COc1ccc(CC2CCN(C(=O)c3cn[nH]c3)CC2)cc1CC1CCCC1. The van der Waals surface area contributed by atoms with Crippen LogP contribution in [0.4, 0.5) is 0 Å². The summed E-state index contributed by atoms with van der Waals surface area (Å²) in [6, 6.07) is 6.75. The molecule has 1 aromatic heterocycles. The number of aromatic amines is 1. The molecule has 2 heterocycles. The fraction of sp³-hybridized carbons (Fsp3) is 0.565. The first kappa shape index (κ1) is 19.0. The van der Waals surface area contributed by atoms with Crippen molar-refractivity contribution < 1.29 is 9.53 Å². The average molecular weight is 382 g/mol. The van der Waals surface area contributed by atoms with E-state index in [9.17, 15) is 4.79 Å². The third kappa shape index (κ3) is 4.40. The predicted molar refractivity (Wildman–Crippen MR) is 110 cm³/mol. The Morgan fingerprint density at radius 2 is 1.89 bits per heavy atom. The molecule has 4 rings (SSSR count). The largest absolute Gasteiger partial charge is 0.496 e. The van der Waals surface area contributed by atoms with E-state index >= 15 is 0 Å². The van der Waals surface area contributed by atoms with Crippen molar-refractivity contribution in [3.05, 3.63) is 47.3 Å².